The number of nitro benzene ring substituents is 1. The Morgan fingerprint density at radius 1 is 1.11 bits per heavy atom. The summed E-state index contributed by atoms with van der Waals surface area (Å²) < 4.78 is -1.98. The van der Waals surface area contributed by atoms with Crippen molar-refractivity contribution in [2.45, 2.75) is 9.96 Å². The Morgan fingerprint density at radius 3 is 2.39 bits per heavy atom. The number of rotatable bonds is 5. The lowest BCUT2D eigenvalue weighted by atomic mass is 10.2. The molecule has 0 saturated carbocycles. The first-order chi connectivity index (χ1) is 13.1. The van der Waals surface area contributed by atoms with Gasteiger partial charge in [0.1, 0.15) is 6.17 Å². The maximum Gasteiger partial charge on any atom is 0.270 e. The summed E-state index contributed by atoms with van der Waals surface area (Å²) in [6.07, 6.45) is -1.23. The van der Waals surface area contributed by atoms with Gasteiger partial charge in [0.2, 0.25) is 3.79 Å². The first kappa shape index (κ1) is 22.4. The van der Waals surface area contributed by atoms with E-state index in [1.807, 2.05) is 0 Å². The van der Waals surface area contributed by atoms with E-state index < -0.39 is 20.8 Å². The van der Waals surface area contributed by atoms with Crippen LogP contribution >= 0.6 is 58.6 Å². The SMILES string of the molecule is O=C(N[C@@H](NC(=S)Nc1cccc(Cl)c1)C(Cl)(Cl)Cl)c1cccc([N+](=O)[O-])c1. The Kier molecular flexibility index (Phi) is 7.68. The van der Waals surface area contributed by atoms with Gasteiger partial charge in [0.25, 0.3) is 11.6 Å². The minimum absolute atomic E-state index is 0.0176. The first-order valence-corrected chi connectivity index (χ1v) is 9.43. The van der Waals surface area contributed by atoms with Crippen LogP contribution in [-0.2, 0) is 0 Å². The van der Waals surface area contributed by atoms with E-state index in [4.69, 9.17) is 58.6 Å². The number of anilines is 1. The third-order valence-corrected chi connectivity index (χ3v) is 4.39. The third kappa shape index (κ3) is 6.65. The highest BCUT2D eigenvalue weighted by atomic mass is 35.6. The molecular weight excluding hydrogens is 470 g/mol. The van der Waals surface area contributed by atoms with E-state index in [0.29, 0.717) is 10.7 Å². The second-order valence-electron chi connectivity index (χ2n) is 5.36. The van der Waals surface area contributed by atoms with Crippen molar-refractivity contribution in [3.63, 3.8) is 0 Å². The molecule has 28 heavy (non-hydrogen) atoms. The molecule has 0 unspecified atom stereocenters. The number of benzene rings is 2. The maximum atomic E-state index is 12.4. The van der Waals surface area contributed by atoms with E-state index in [1.54, 1.807) is 24.3 Å². The molecule has 0 aromatic heterocycles. The molecule has 0 fully saturated rings. The molecule has 0 spiro atoms. The molecule has 0 bridgehead atoms. The number of carbonyl (C=O) groups is 1. The van der Waals surface area contributed by atoms with Gasteiger partial charge < -0.3 is 16.0 Å². The highest BCUT2D eigenvalue weighted by molar-refractivity contribution is 7.80. The molecule has 1 atom stereocenters. The fourth-order valence-electron chi connectivity index (χ4n) is 2.04. The monoisotopic (exact) mass is 480 g/mol. The Balaban J connectivity index is 2.11. The molecule has 0 aliphatic carbocycles. The van der Waals surface area contributed by atoms with Crippen molar-refractivity contribution in [3.05, 3.63) is 69.2 Å². The zero-order valence-corrected chi connectivity index (χ0v) is 17.6. The summed E-state index contributed by atoms with van der Waals surface area (Å²) in [5.41, 5.74) is 0.353. The Labute approximate surface area is 185 Å². The van der Waals surface area contributed by atoms with Gasteiger partial charge in [0.15, 0.2) is 5.11 Å². The quantitative estimate of drug-likeness (QED) is 0.189. The fraction of sp³-hybridized carbons (Fsp3) is 0.125. The molecule has 0 heterocycles. The molecule has 2 rings (SSSR count). The summed E-state index contributed by atoms with van der Waals surface area (Å²) >= 11 is 28.8. The van der Waals surface area contributed by atoms with E-state index >= 15 is 0 Å². The van der Waals surface area contributed by atoms with Crippen molar-refractivity contribution in [1.82, 2.24) is 10.6 Å². The molecule has 2 aromatic carbocycles. The highest BCUT2D eigenvalue weighted by Gasteiger charge is 2.35. The summed E-state index contributed by atoms with van der Waals surface area (Å²) in [6, 6.07) is 11.9. The largest absolute Gasteiger partial charge is 0.339 e. The molecular formula is C16H12Cl4N4O3S. The lowest BCUT2D eigenvalue weighted by Gasteiger charge is -2.27. The standard InChI is InChI=1S/C16H12Cl4N4O3S/c17-10-4-2-5-11(8-10)21-15(28)23-14(16(18,19)20)22-13(25)9-3-1-6-12(7-9)24(26)27/h1-8,14H,(H,22,25)(H2,21,23,28)/t14-/m0/s1. The van der Waals surface area contributed by atoms with E-state index in [1.165, 1.54) is 18.2 Å². The van der Waals surface area contributed by atoms with Crippen molar-refractivity contribution in [3.8, 4) is 0 Å². The number of amides is 1. The number of nitrogens with one attached hydrogen (secondary N) is 3. The van der Waals surface area contributed by atoms with Crippen LogP contribution < -0.4 is 16.0 Å². The Hall–Kier alpha value is -1.84. The Morgan fingerprint density at radius 2 is 1.79 bits per heavy atom. The second kappa shape index (κ2) is 9.58. The van der Waals surface area contributed by atoms with Gasteiger partial charge in [-0.05, 0) is 36.5 Å². The van der Waals surface area contributed by atoms with Crippen LogP contribution in [0.15, 0.2) is 48.5 Å². The third-order valence-electron chi connectivity index (χ3n) is 3.28. The van der Waals surface area contributed by atoms with Crippen LogP contribution in [0.1, 0.15) is 10.4 Å². The summed E-state index contributed by atoms with van der Waals surface area (Å²) in [5.74, 6) is -0.696. The molecule has 0 radical (unpaired) electrons. The van der Waals surface area contributed by atoms with Crippen LogP contribution in [0.4, 0.5) is 11.4 Å². The van der Waals surface area contributed by atoms with Crippen LogP contribution in [0.3, 0.4) is 0 Å². The maximum absolute atomic E-state index is 12.4. The van der Waals surface area contributed by atoms with Crippen molar-refractivity contribution in [1.29, 1.82) is 0 Å². The number of nitrogens with zero attached hydrogens (tertiary/aromatic N) is 1. The number of nitro groups is 1. The average molecular weight is 482 g/mol. The minimum atomic E-state index is -1.98. The van der Waals surface area contributed by atoms with Crippen molar-refractivity contribution >= 4 is 81.0 Å². The molecule has 2 aromatic rings. The van der Waals surface area contributed by atoms with Crippen molar-refractivity contribution in [2.24, 2.45) is 0 Å². The number of hydrogen-bond acceptors (Lipinski definition) is 4. The lowest BCUT2D eigenvalue weighted by Crippen LogP contribution is -2.56. The van der Waals surface area contributed by atoms with Gasteiger partial charge in [-0.3, -0.25) is 14.9 Å². The predicted octanol–water partition coefficient (Wildman–Crippen LogP) is 4.66. The molecule has 12 heteroatoms. The van der Waals surface area contributed by atoms with Gasteiger partial charge >= 0.3 is 0 Å². The second-order valence-corrected chi connectivity index (χ2v) is 8.58. The summed E-state index contributed by atoms with van der Waals surface area (Å²) in [5, 5.41) is 19.4. The van der Waals surface area contributed by atoms with E-state index in [-0.39, 0.29) is 16.4 Å². The van der Waals surface area contributed by atoms with Crippen LogP contribution in [0, 0.1) is 10.1 Å². The first-order valence-electron chi connectivity index (χ1n) is 7.51. The van der Waals surface area contributed by atoms with Gasteiger partial charge in [0, 0.05) is 28.4 Å². The van der Waals surface area contributed by atoms with Crippen molar-refractivity contribution in [2.75, 3.05) is 5.32 Å². The molecule has 0 aliphatic heterocycles. The molecule has 148 valence electrons. The van der Waals surface area contributed by atoms with E-state index in [9.17, 15) is 14.9 Å². The van der Waals surface area contributed by atoms with E-state index in [2.05, 4.69) is 16.0 Å². The van der Waals surface area contributed by atoms with Gasteiger partial charge in [-0.25, -0.2) is 0 Å². The number of halogens is 4. The van der Waals surface area contributed by atoms with Crippen LogP contribution in [0.25, 0.3) is 0 Å². The minimum Gasteiger partial charge on any atom is -0.339 e. The van der Waals surface area contributed by atoms with Gasteiger partial charge in [-0.15, -0.1) is 0 Å². The zero-order valence-electron chi connectivity index (χ0n) is 13.8. The fourth-order valence-corrected chi connectivity index (χ4v) is 2.79. The highest BCUT2D eigenvalue weighted by Crippen LogP contribution is 2.29. The normalized spacial score (nSPS) is 12.0. The van der Waals surface area contributed by atoms with Crippen LogP contribution in [0.2, 0.25) is 5.02 Å². The molecule has 7 nitrogen and oxygen atoms in total. The predicted molar refractivity (Wildman–Crippen MR) is 115 cm³/mol. The number of non-ortho nitro benzene ring substituents is 1. The van der Waals surface area contributed by atoms with Gasteiger partial charge in [-0.2, -0.15) is 0 Å². The Bertz CT molecular complexity index is 907. The lowest BCUT2D eigenvalue weighted by molar-refractivity contribution is -0.384. The smallest absolute Gasteiger partial charge is 0.270 e. The number of hydrogen-bond donors (Lipinski definition) is 3. The van der Waals surface area contributed by atoms with E-state index in [0.717, 1.165) is 6.07 Å². The number of carbonyl (C=O) groups excluding carboxylic acids is 1. The molecule has 1 amide bonds. The number of thiocarbonyl (C=S) groups is 1. The van der Waals surface area contributed by atoms with Gasteiger partial charge in [0.05, 0.1) is 4.92 Å². The van der Waals surface area contributed by atoms with Crippen molar-refractivity contribution < 1.29 is 9.72 Å². The van der Waals surface area contributed by atoms with Gasteiger partial charge in [-0.1, -0.05) is 58.5 Å². The topological polar surface area (TPSA) is 96.3 Å². The number of alkyl halides is 3. The molecule has 0 saturated heterocycles. The molecule has 0 aliphatic rings. The average Bonchev–Trinajstić information content (AvgIpc) is 2.60. The summed E-state index contributed by atoms with van der Waals surface area (Å²) in [6.45, 7) is 0. The summed E-state index contributed by atoms with van der Waals surface area (Å²) in [7, 11) is 0. The summed E-state index contributed by atoms with van der Waals surface area (Å²) in [4.78, 5) is 22.7. The van der Waals surface area contributed by atoms with Crippen LogP contribution in [0.5, 0.6) is 0 Å². The zero-order chi connectivity index (χ0) is 20.9. The molecule has 3 N–H and O–H groups in total. The van der Waals surface area contributed by atoms with Crippen LogP contribution in [-0.4, -0.2) is 25.9 Å².